The number of carbonyl (C=O) groups excluding carboxylic acids is 2. The van der Waals surface area contributed by atoms with Crippen LogP contribution in [0.2, 0.25) is 0 Å². The Labute approximate surface area is 82.6 Å². The predicted molar refractivity (Wildman–Crippen MR) is 46.9 cm³/mol. The van der Waals surface area contributed by atoms with Crippen LogP contribution in [0, 0.1) is 23.2 Å². The van der Waals surface area contributed by atoms with E-state index in [1.807, 2.05) is 0 Å². The van der Waals surface area contributed by atoms with Gasteiger partial charge in [0.25, 0.3) is 0 Å². The molecule has 0 fully saturated rings. The average Bonchev–Trinajstić information content (AvgIpc) is 2.18. The molecule has 0 aliphatic carbocycles. The number of carbonyl (C=O) groups is 2. The van der Waals surface area contributed by atoms with Crippen molar-refractivity contribution in [1.82, 2.24) is 0 Å². The van der Waals surface area contributed by atoms with Crippen LogP contribution in [-0.4, -0.2) is 25.7 Å². The molecule has 14 heavy (non-hydrogen) atoms. The molecule has 0 saturated heterocycles. The molecule has 78 valence electrons. The number of ether oxygens (including phenoxy) is 2. The highest BCUT2D eigenvalue weighted by Crippen LogP contribution is 2.14. The van der Waals surface area contributed by atoms with Gasteiger partial charge in [-0.25, -0.2) is 0 Å². The Kier molecular flexibility index (Phi) is 5.30. The molecule has 0 rings (SSSR count). The second-order valence-electron chi connectivity index (χ2n) is 2.67. The van der Waals surface area contributed by atoms with Crippen LogP contribution in [0.15, 0.2) is 0 Å². The number of hydrogen-bond acceptors (Lipinski definition) is 5. The summed E-state index contributed by atoms with van der Waals surface area (Å²) in [6.45, 7) is 3.34. The van der Waals surface area contributed by atoms with E-state index in [0.717, 1.165) is 0 Å². The van der Waals surface area contributed by atoms with Gasteiger partial charge in [-0.2, -0.15) is 5.26 Å². The van der Waals surface area contributed by atoms with E-state index in [0.29, 0.717) is 0 Å². The minimum atomic E-state index is -1.10. The quantitative estimate of drug-likeness (QED) is 0.616. The molecular weight excluding hydrogens is 186 g/mol. The Bertz CT molecular complexity index is 256. The second-order valence-corrected chi connectivity index (χ2v) is 2.67. The van der Waals surface area contributed by atoms with Gasteiger partial charge >= 0.3 is 11.9 Å². The van der Waals surface area contributed by atoms with Gasteiger partial charge in [-0.1, -0.05) is 6.92 Å². The fourth-order valence-corrected chi connectivity index (χ4v) is 0.905. The molecule has 2 atom stereocenters. The van der Waals surface area contributed by atoms with E-state index in [2.05, 4.69) is 9.47 Å². The molecule has 1 unspecified atom stereocenters. The van der Waals surface area contributed by atoms with Gasteiger partial charge in [0.05, 0.1) is 25.7 Å². The van der Waals surface area contributed by atoms with Crippen molar-refractivity contribution >= 4 is 11.9 Å². The van der Waals surface area contributed by atoms with Crippen LogP contribution in [0.1, 0.15) is 13.8 Å². The molecule has 5 heteroatoms. The fraction of sp³-hybridized carbons (Fsp3) is 0.667. The second kappa shape index (κ2) is 5.97. The van der Waals surface area contributed by atoms with Crippen molar-refractivity contribution in [2.24, 2.45) is 11.8 Å². The third kappa shape index (κ3) is 3.05. The molecule has 0 amide bonds. The number of hydrogen-bond donors (Lipinski definition) is 0. The van der Waals surface area contributed by atoms with Crippen molar-refractivity contribution in [3.05, 3.63) is 0 Å². The number of rotatable bonds is 4. The normalized spacial score (nSPS) is 13.6. The maximum absolute atomic E-state index is 11.2. The average molecular weight is 199 g/mol. The summed E-state index contributed by atoms with van der Waals surface area (Å²) in [7, 11) is 1.17. The molecule has 0 aromatic heterocycles. The van der Waals surface area contributed by atoms with Gasteiger partial charge in [0.1, 0.15) is 0 Å². The largest absolute Gasteiger partial charge is 0.468 e. The first-order valence-corrected chi connectivity index (χ1v) is 4.22. The highest BCUT2D eigenvalue weighted by molar-refractivity contribution is 5.83. The van der Waals surface area contributed by atoms with E-state index in [4.69, 9.17) is 5.26 Å². The molecule has 0 aromatic carbocycles. The molecule has 0 radical (unpaired) electrons. The Morgan fingerprint density at radius 1 is 1.43 bits per heavy atom. The Balaban J connectivity index is 4.47. The lowest BCUT2D eigenvalue weighted by Crippen LogP contribution is -2.29. The third-order valence-corrected chi connectivity index (χ3v) is 1.75. The van der Waals surface area contributed by atoms with Crippen molar-refractivity contribution in [3.63, 3.8) is 0 Å². The van der Waals surface area contributed by atoms with Gasteiger partial charge < -0.3 is 9.47 Å². The summed E-state index contributed by atoms with van der Waals surface area (Å²) in [6.07, 6.45) is 0. The topological polar surface area (TPSA) is 76.4 Å². The highest BCUT2D eigenvalue weighted by atomic mass is 16.5. The zero-order valence-corrected chi connectivity index (χ0v) is 8.44. The lowest BCUT2D eigenvalue weighted by Gasteiger charge is -2.13. The minimum absolute atomic E-state index is 0.225. The maximum atomic E-state index is 11.2. The zero-order chi connectivity index (χ0) is 11.1. The summed E-state index contributed by atoms with van der Waals surface area (Å²) in [4.78, 5) is 22.2. The van der Waals surface area contributed by atoms with E-state index in [-0.39, 0.29) is 6.61 Å². The van der Waals surface area contributed by atoms with E-state index >= 15 is 0 Å². The molecule has 0 saturated carbocycles. The van der Waals surface area contributed by atoms with Crippen molar-refractivity contribution in [1.29, 1.82) is 5.26 Å². The van der Waals surface area contributed by atoms with Crippen LogP contribution in [0.4, 0.5) is 0 Å². The van der Waals surface area contributed by atoms with Gasteiger partial charge in [0, 0.05) is 0 Å². The summed E-state index contributed by atoms with van der Waals surface area (Å²) in [5, 5.41) is 8.66. The minimum Gasteiger partial charge on any atom is -0.468 e. The molecular formula is C9H13NO4. The SMILES string of the molecule is CCOC(=O)[C@H](C)C(C#N)C(=O)OC. The summed E-state index contributed by atoms with van der Waals surface area (Å²) < 4.78 is 9.07. The molecule has 0 bridgehead atoms. The fourth-order valence-electron chi connectivity index (χ4n) is 0.905. The van der Waals surface area contributed by atoms with E-state index in [1.54, 1.807) is 13.0 Å². The van der Waals surface area contributed by atoms with Crippen LogP contribution >= 0.6 is 0 Å². The summed E-state index contributed by atoms with van der Waals surface area (Å²) in [5.74, 6) is -3.18. The van der Waals surface area contributed by atoms with Crippen LogP contribution in [0.3, 0.4) is 0 Å². The lowest BCUT2D eigenvalue weighted by atomic mass is 9.96. The molecule has 5 nitrogen and oxygen atoms in total. The van der Waals surface area contributed by atoms with Gasteiger partial charge in [-0.3, -0.25) is 9.59 Å². The molecule has 0 N–H and O–H groups in total. The molecule has 0 aromatic rings. The smallest absolute Gasteiger partial charge is 0.323 e. The number of nitriles is 1. The monoisotopic (exact) mass is 199 g/mol. The van der Waals surface area contributed by atoms with Crippen molar-refractivity contribution in [2.75, 3.05) is 13.7 Å². The van der Waals surface area contributed by atoms with Crippen molar-refractivity contribution < 1.29 is 19.1 Å². The number of methoxy groups -OCH3 is 1. The summed E-state index contributed by atoms with van der Waals surface area (Å²) >= 11 is 0. The first-order valence-electron chi connectivity index (χ1n) is 4.22. The lowest BCUT2D eigenvalue weighted by molar-refractivity contribution is -0.156. The number of esters is 2. The van der Waals surface area contributed by atoms with Crippen LogP contribution in [-0.2, 0) is 19.1 Å². The predicted octanol–water partition coefficient (Wildman–Crippen LogP) is 0.498. The van der Waals surface area contributed by atoms with E-state index in [1.165, 1.54) is 14.0 Å². The van der Waals surface area contributed by atoms with Gasteiger partial charge in [0.2, 0.25) is 0 Å². The maximum Gasteiger partial charge on any atom is 0.323 e. The van der Waals surface area contributed by atoms with E-state index < -0.39 is 23.8 Å². The highest BCUT2D eigenvalue weighted by Gasteiger charge is 2.31. The first kappa shape index (κ1) is 12.4. The summed E-state index contributed by atoms with van der Waals surface area (Å²) in [6, 6.07) is 1.72. The van der Waals surface area contributed by atoms with Crippen LogP contribution < -0.4 is 0 Å². The third-order valence-electron chi connectivity index (χ3n) is 1.75. The number of nitrogens with zero attached hydrogens (tertiary/aromatic N) is 1. The Hall–Kier alpha value is -1.57. The summed E-state index contributed by atoms with van der Waals surface area (Å²) in [5.41, 5.74) is 0. The van der Waals surface area contributed by atoms with Crippen molar-refractivity contribution in [3.8, 4) is 6.07 Å². The van der Waals surface area contributed by atoms with Gasteiger partial charge in [-0.15, -0.1) is 0 Å². The Morgan fingerprint density at radius 2 is 2.00 bits per heavy atom. The van der Waals surface area contributed by atoms with Gasteiger partial charge in [0.15, 0.2) is 5.92 Å². The van der Waals surface area contributed by atoms with Crippen molar-refractivity contribution in [2.45, 2.75) is 13.8 Å². The Morgan fingerprint density at radius 3 is 2.36 bits per heavy atom. The molecule has 0 heterocycles. The van der Waals surface area contributed by atoms with Crippen LogP contribution in [0.5, 0.6) is 0 Å². The molecule has 0 aliphatic heterocycles. The molecule has 0 aliphatic rings. The van der Waals surface area contributed by atoms with E-state index in [9.17, 15) is 9.59 Å². The standard InChI is InChI=1S/C9H13NO4/c1-4-14-8(11)6(2)7(5-10)9(12)13-3/h6-7H,4H2,1-3H3/t6-,7?/m1/s1. The van der Waals surface area contributed by atoms with Crippen LogP contribution in [0.25, 0.3) is 0 Å². The zero-order valence-electron chi connectivity index (χ0n) is 8.44. The first-order chi connectivity index (χ1) is 6.58. The molecule has 0 spiro atoms. The van der Waals surface area contributed by atoms with Gasteiger partial charge in [-0.05, 0) is 6.92 Å².